The first kappa shape index (κ1) is 18.4. The number of benzene rings is 1. The van der Waals surface area contributed by atoms with Gasteiger partial charge in [-0.05, 0) is 36.4 Å². The van der Waals surface area contributed by atoms with Gasteiger partial charge in [-0.3, -0.25) is 0 Å². The van der Waals surface area contributed by atoms with E-state index >= 15 is 0 Å². The second-order valence-electron chi connectivity index (χ2n) is 7.64. The molecule has 0 amide bonds. The minimum Gasteiger partial charge on any atom is -0.422 e. The van der Waals surface area contributed by atoms with E-state index in [1.54, 1.807) is 11.0 Å². The summed E-state index contributed by atoms with van der Waals surface area (Å²) in [6, 6.07) is 10.8. The minimum atomic E-state index is -0.250. The average Bonchev–Trinajstić information content (AvgIpc) is 3.36. The maximum Gasteiger partial charge on any atom is 0.336 e. The van der Waals surface area contributed by atoms with E-state index < -0.39 is 0 Å². The Balaban J connectivity index is 1.54. The molecule has 0 saturated carbocycles. The number of nitrogens with two attached hydrogens (primary N) is 1. The van der Waals surface area contributed by atoms with E-state index in [1.165, 1.54) is 30.8 Å². The molecule has 3 N–H and O–H groups in total. The van der Waals surface area contributed by atoms with E-state index in [0.717, 1.165) is 40.7 Å². The number of likely N-dealkylation sites (tertiary alicyclic amines) is 1. The monoisotopic (exact) mass is 384 g/mol. The molecule has 0 unspecified atom stereocenters. The summed E-state index contributed by atoms with van der Waals surface area (Å²) < 4.78 is 5.51. The van der Waals surface area contributed by atoms with Gasteiger partial charge in [-0.2, -0.15) is 0 Å². The fraction of sp³-hybridized carbons (Fsp3) is 0.409. The number of fused-ring (bicyclic) bond motifs is 1. The van der Waals surface area contributed by atoms with Gasteiger partial charge >= 0.3 is 5.63 Å². The second-order valence-corrected chi connectivity index (χ2v) is 8.62. The van der Waals surface area contributed by atoms with Crippen LogP contribution in [0.3, 0.4) is 0 Å². The minimum absolute atomic E-state index is 0.250. The number of aryl methyl sites for hydroxylation is 2. The van der Waals surface area contributed by atoms with Gasteiger partial charge in [0, 0.05) is 29.9 Å². The van der Waals surface area contributed by atoms with Crippen molar-refractivity contribution in [2.75, 3.05) is 19.6 Å². The lowest BCUT2D eigenvalue weighted by atomic mass is 10.0. The van der Waals surface area contributed by atoms with Crippen molar-refractivity contribution in [3.8, 4) is 0 Å². The molecule has 0 spiro atoms. The molecule has 1 aliphatic heterocycles. The van der Waals surface area contributed by atoms with E-state index in [9.17, 15) is 4.79 Å². The molecule has 1 fully saturated rings. The summed E-state index contributed by atoms with van der Waals surface area (Å²) in [4.78, 5) is 15.3. The first-order valence-corrected chi connectivity index (χ1v) is 10.7. The summed E-state index contributed by atoms with van der Waals surface area (Å²) in [7, 11) is 0. The SMILES string of the molecule is Cc1ccc2c(C[NH2+]C[C@H](c3cccs3)[NH+]3CCCC3)cc(=O)oc2c1C. The van der Waals surface area contributed by atoms with Crippen molar-refractivity contribution in [1.29, 1.82) is 0 Å². The maximum atomic E-state index is 12.1. The molecular weight excluding hydrogens is 356 g/mol. The number of nitrogens with one attached hydrogen (secondary N) is 1. The van der Waals surface area contributed by atoms with Crippen LogP contribution in [-0.4, -0.2) is 19.6 Å². The highest BCUT2D eigenvalue weighted by Gasteiger charge is 2.29. The van der Waals surface area contributed by atoms with Gasteiger partial charge in [0.05, 0.1) is 18.0 Å². The fourth-order valence-electron chi connectivity index (χ4n) is 4.25. The molecule has 0 radical (unpaired) electrons. The van der Waals surface area contributed by atoms with Gasteiger partial charge in [-0.1, -0.05) is 18.2 Å². The van der Waals surface area contributed by atoms with Gasteiger partial charge in [0.1, 0.15) is 18.7 Å². The number of hydrogen-bond donors (Lipinski definition) is 2. The van der Waals surface area contributed by atoms with Crippen molar-refractivity contribution in [1.82, 2.24) is 0 Å². The van der Waals surface area contributed by atoms with Gasteiger partial charge in [0.2, 0.25) is 0 Å². The molecule has 1 atom stereocenters. The molecule has 1 aromatic carbocycles. The lowest BCUT2D eigenvalue weighted by Gasteiger charge is -2.22. The third kappa shape index (κ3) is 3.86. The highest BCUT2D eigenvalue weighted by Crippen LogP contribution is 2.23. The Morgan fingerprint density at radius 1 is 1.22 bits per heavy atom. The molecular formula is C22H28N2O2S+2. The zero-order valence-electron chi connectivity index (χ0n) is 16.1. The third-order valence-corrected chi connectivity index (χ3v) is 6.90. The Morgan fingerprint density at radius 2 is 2.04 bits per heavy atom. The predicted molar refractivity (Wildman–Crippen MR) is 109 cm³/mol. The van der Waals surface area contributed by atoms with Crippen LogP contribution in [0.5, 0.6) is 0 Å². The van der Waals surface area contributed by atoms with Crippen LogP contribution in [-0.2, 0) is 6.54 Å². The lowest BCUT2D eigenvalue weighted by molar-refractivity contribution is -0.934. The van der Waals surface area contributed by atoms with E-state index in [0.29, 0.717) is 6.04 Å². The van der Waals surface area contributed by atoms with Crippen molar-refractivity contribution in [2.24, 2.45) is 0 Å². The summed E-state index contributed by atoms with van der Waals surface area (Å²) in [5.41, 5.74) is 3.78. The Kier molecular flexibility index (Phi) is 5.43. The zero-order chi connectivity index (χ0) is 18.8. The molecule has 4 nitrogen and oxygen atoms in total. The Bertz CT molecular complexity index is 972. The maximum absolute atomic E-state index is 12.1. The van der Waals surface area contributed by atoms with E-state index in [-0.39, 0.29) is 5.63 Å². The number of rotatable bonds is 6. The van der Waals surface area contributed by atoms with Crippen molar-refractivity contribution in [3.63, 3.8) is 0 Å². The third-order valence-electron chi connectivity index (χ3n) is 5.91. The standard InChI is InChI=1S/C22H26N2O2S/c1-15-7-8-18-17(12-21(25)26-22(18)16(15)2)13-23-14-19(20-6-5-11-27-20)24-9-3-4-10-24/h5-8,11-12,19,23H,3-4,9-10,13-14H2,1-2H3/p+2/t19-/m1/s1. The van der Waals surface area contributed by atoms with Crippen molar-refractivity contribution in [2.45, 2.75) is 39.3 Å². The zero-order valence-corrected chi connectivity index (χ0v) is 16.9. The topological polar surface area (TPSA) is 51.3 Å². The molecule has 3 heterocycles. The van der Waals surface area contributed by atoms with Crippen molar-refractivity contribution < 1.29 is 14.6 Å². The average molecular weight is 385 g/mol. The normalized spacial score (nSPS) is 16.2. The van der Waals surface area contributed by atoms with Crippen LogP contribution < -0.4 is 15.8 Å². The van der Waals surface area contributed by atoms with Crippen LogP contribution in [0.15, 0.2) is 44.9 Å². The molecule has 5 heteroatoms. The van der Waals surface area contributed by atoms with Crippen LogP contribution in [0, 0.1) is 13.8 Å². The molecule has 0 bridgehead atoms. The Hall–Kier alpha value is -1.95. The van der Waals surface area contributed by atoms with Crippen molar-refractivity contribution >= 4 is 22.3 Å². The largest absolute Gasteiger partial charge is 0.422 e. The quantitative estimate of drug-likeness (QED) is 0.639. The molecule has 142 valence electrons. The smallest absolute Gasteiger partial charge is 0.336 e. The van der Waals surface area contributed by atoms with E-state index in [2.05, 4.69) is 41.9 Å². The molecule has 3 aromatic rings. The summed E-state index contributed by atoms with van der Waals surface area (Å²) >= 11 is 1.87. The molecule has 1 saturated heterocycles. The number of thiophene rings is 1. The molecule has 1 aliphatic rings. The molecule has 0 aliphatic carbocycles. The van der Waals surface area contributed by atoms with Crippen molar-refractivity contribution in [3.05, 3.63) is 67.7 Å². The van der Waals surface area contributed by atoms with Gasteiger partial charge in [0.25, 0.3) is 0 Å². The van der Waals surface area contributed by atoms with E-state index in [4.69, 9.17) is 4.42 Å². The number of quaternary nitrogens is 2. The predicted octanol–water partition coefficient (Wildman–Crippen LogP) is 1.95. The summed E-state index contributed by atoms with van der Waals surface area (Å²) in [6.45, 7) is 8.47. The Labute approximate surface area is 163 Å². The highest BCUT2D eigenvalue weighted by atomic mass is 32.1. The highest BCUT2D eigenvalue weighted by molar-refractivity contribution is 7.10. The van der Waals surface area contributed by atoms with Gasteiger partial charge < -0.3 is 14.6 Å². The molecule has 27 heavy (non-hydrogen) atoms. The number of hydrogen-bond acceptors (Lipinski definition) is 3. The second kappa shape index (κ2) is 7.97. The van der Waals surface area contributed by atoms with Crippen LogP contribution in [0.2, 0.25) is 0 Å². The lowest BCUT2D eigenvalue weighted by Crippen LogP contribution is -3.13. The summed E-state index contributed by atoms with van der Waals surface area (Å²) in [5.74, 6) is 0. The first-order valence-electron chi connectivity index (χ1n) is 9.86. The first-order chi connectivity index (χ1) is 13.1. The van der Waals surface area contributed by atoms with Gasteiger partial charge in [-0.25, -0.2) is 4.79 Å². The van der Waals surface area contributed by atoms with E-state index in [1.807, 2.05) is 18.3 Å². The fourth-order valence-corrected chi connectivity index (χ4v) is 5.15. The van der Waals surface area contributed by atoms with Crippen LogP contribution in [0.25, 0.3) is 11.0 Å². The molecule has 2 aromatic heterocycles. The Morgan fingerprint density at radius 3 is 2.78 bits per heavy atom. The van der Waals surface area contributed by atoms with Crippen LogP contribution in [0.1, 0.15) is 40.5 Å². The van der Waals surface area contributed by atoms with Crippen LogP contribution in [0.4, 0.5) is 0 Å². The summed E-state index contributed by atoms with van der Waals surface area (Å²) in [6.07, 6.45) is 2.67. The molecule has 4 rings (SSSR count). The van der Waals surface area contributed by atoms with Gasteiger partial charge in [0.15, 0.2) is 6.04 Å². The summed E-state index contributed by atoms with van der Waals surface area (Å²) in [5, 5.41) is 5.60. The van der Waals surface area contributed by atoms with Gasteiger partial charge in [-0.15, -0.1) is 11.3 Å². The van der Waals surface area contributed by atoms with Crippen LogP contribution >= 0.6 is 11.3 Å².